The molecule has 1 aliphatic carbocycles. The van der Waals surface area contributed by atoms with Crippen LogP contribution in [0.25, 0.3) is 0 Å². The minimum atomic E-state index is -0.963. The first kappa shape index (κ1) is 40.6. The van der Waals surface area contributed by atoms with Crippen molar-refractivity contribution in [1.29, 1.82) is 0 Å². The molecule has 0 radical (unpaired) electrons. The summed E-state index contributed by atoms with van der Waals surface area (Å²) in [6.07, 6.45) is 16.2. The first-order valence-corrected chi connectivity index (χ1v) is 18.2. The largest absolute Gasteiger partial charge is 0.490 e. The molecule has 0 bridgehead atoms. The van der Waals surface area contributed by atoms with Crippen LogP contribution in [0.5, 0.6) is 0 Å². The van der Waals surface area contributed by atoms with E-state index < -0.39 is 30.4 Å². The molecule has 47 heavy (non-hydrogen) atoms. The van der Waals surface area contributed by atoms with Crippen LogP contribution >= 0.6 is 0 Å². The first-order chi connectivity index (χ1) is 22.3. The van der Waals surface area contributed by atoms with Gasteiger partial charge in [0.25, 0.3) is 0 Å². The van der Waals surface area contributed by atoms with Gasteiger partial charge in [-0.25, -0.2) is 4.79 Å². The van der Waals surface area contributed by atoms with Gasteiger partial charge in [0.05, 0.1) is 18.0 Å². The Morgan fingerprint density at radius 2 is 1.74 bits per heavy atom. The van der Waals surface area contributed by atoms with Crippen LogP contribution in [-0.2, 0) is 19.0 Å². The van der Waals surface area contributed by atoms with Crippen LogP contribution in [0, 0.1) is 35.5 Å². The summed E-state index contributed by atoms with van der Waals surface area (Å²) >= 11 is 0. The number of carbonyl (C=O) groups excluding carboxylic acids is 2. The number of amides is 1. The standard InChI is InChI=1S/C39H65NO7/c1-9-14-33-24-32(42)20-22-36(47-39(40)44)35(45-29(8)41)21-19-27(6)38(46-33)26(5)16-12-15-25(4)23-34(43)37(31-17-13-18-31)28(7)30(10-2)11-3/h12,14-16,19,21,25,27-28,30-32,34-38,42-43H,9-11,13,17-18,20,22-24H2,1-8H3,(H2,40,44)/b15-12+,21-19+,26-16+,33-14-. The van der Waals surface area contributed by atoms with E-state index in [1.54, 1.807) is 6.08 Å². The topological polar surface area (TPSA) is 128 Å². The number of ether oxygens (including phenoxy) is 3. The fourth-order valence-corrected chi connectivity index (χ4v) is 7.51. The molecule has 2 aliphatic rings. The number of hydrogen-bond acceptors (Lipinski definition) is 7. The molecule has 2 rings (SSSR count). The van der Waals surface area contributed by atoms with Crippen LogP contribution in [-0.4, -0.2) is 52.8 Å². The monoisotopic (exact) mass is 659 g/mol. The molecule has 1 saturated carbocycles. The third-order valence-corrected chi connectivity index (χ3v) is 10.3. The summed E-state index contributed by atoms with van der Waals surface area (Å²) in [5, 5.41) is 22.4. The van der Waals surface area contributed by atoms with Gasteiger partial charge in [-0.05, 0) is 79.9 Å². The highest BCUT2D eigenvalue weighted by molar-refractivity contribution is 5.67. The van der Waals surface area contributed by atoms with Gasteiger partial charge in [0.1, 0.15) is 12.2 Å². The average Bonchev–Trinajstić information content (AvgIpc) is 2.97. The van der Waals surface area contributed by atoms with Gasteiger partial charge in [-0.2, -0.15) is 0 Å². The van der Waals surface area contributed by atoms with E-state index in [0.717, 1.165) is 31.3 Å². The zero-order valence-electron chi connectivity index (χ0n) is 30.4. The van der Waals surface area contributed by atoms with Gasteiger partial charge in [0.2, 0.25) is 0 Å². The minimum absolute atomic E-state index is 0.155. The highest BCUT2D eigenvalue weighted by atomic mass is 16.6. The van der Waals surface area contributed by atoms with Crippen molar-refractivity contribution in [2.24, 2.45) is 41.2 Å². The van der Waals surface area contributed by atoms with Gasteiger partial charge in [0, 0.05) is 19.3 Å². The van der Waals surface area contributed by atoms with Crippen molar-refractivity contribution < 1.29 is 34.0 Å². The molecule has 1 fully saturated rings. The molecule has 4 N–H and O–H groups in total. The van der Waals surface area contributed by atoms with Gasteiger partial charge in [-0.15, -0.1) is 0 Å². The Morgan fingerprint density at radius 1 is 1.06 bits per heavy atom. The first-order valence-electron chi connectivity index (χ1n) is 18.2. The molecule has 0 saturated heterocycles. The predicted octanol–water partition coefficient (Wildman–Crippen LogP) is 8.18. The molecule has 0 aromatic heterocycles. The maximum atomic E-state index is 11.9. The number of hydrogen-bond donors (Lipinski definition) is 3. The molecule has 8 heteroatoms. The molecule has 1 amide bonds. The fourth-order valence-electron chi connectivity index (χ4n) is 7.51. The second-order valence-corrected chi connectivity index (χ2v) is 14.1. The second-order valence-electron chi connectivity index (χ2n) is 14.1. The Hall–Kier alpha value is -2.58. The lowest BCUT2D eigenvalue weighted by molar-refractivity contribution is -0.149. The molecule has 0 aromatic carbocycles. The van der Waals surface area contributed by atoms with Crippen molar-refractivity contribution in [3.63, 3.8) is 0 Å². The number of primary amides is 1. The van der Waals surface area contributed by atoms with E-state index in [9.17, 15) is 19.8 Å². The summed E-state index contributed by atoms with van der Waals surface area (Å²) in [5.74, 6) is 2.39. The second kappa shape index (κ2) is 20.7. The maximum Gasteiger partial charge on any atom is 0.404 e. The lowest BCUT2D eigenvalue weighted by Gasteiger charge is -2.43. The average molecular weight is 660 g/mol. The molecule has 9 atom stereocenters. The van der Waals surface area contributed by atoms with Crippen molar-refractivity contribution in [3.8, 4) is 0 Å². The lowest BCUT2D eigenvalue weighted by Crippen LogP contribution is -2.39. The van der Waals surface area contributed by atoms with Crippen LogP contribution in [0.4, 0.5) is 4.79 Å². The van der Waals surface area contributed by atoms with Gasteiger partial charge in [0.15, 0.2) is 6.10 Å². The number of nitrogens with two attached hydrogens (primary N) is 1. The van der Waals surface area contributed by atoms with E-state index in [1.807, 2.05) is 32.9 Å². The summed E-state index contributed by atoms with van der Waals surface area (Å²) in [6, 6.07) is 0. The van der Waals surface area contributed by atoms with Crippen molar-refractivity contribution in [1.82, 2.24) is 0 Å². The molecule has 9 unspecified atom stereocenters. The van der Waals surface area contributed by atoms with E-state index in [1.165, 1.54) is 26.2 Å². The highest BCUT2D eigenvalue weighted by Crippen LogP contribution is 2.44. The van der Waals surface area contributed by atoms with Crippen LogP contribution in [0.15, 0.2) is 47.8 Å². The van der Waals surface area contributed by atoms with Crippen molar-refractivity contribution in [3.05, 3.63) is 47.8 Å². The Labute approximate surface area is 284 Å². The van der Waals surface area contributed by atoms with E-state index in [-0.39, 0.29) is 30.5 Å². The van der Waals surface area contributed by atoms with Crippen molar-refractivity contribution in [2.45, 2.75) is 150 Å². The molecule has 0 aromatic rings. The maximum absolute atomic E-state index is 11.9. The predicted molar refractivity (Wildman–Crippen MR) is 188 cm³/mol. The Kier molecular flexibility index (Phi) is 17.9. The van der Waals surface area contributed by atoms with Crippen molar-refractivity contribution in [2.75, 3.05) is 0 Å². The summed E-state index contributed by atoms with van der Waals surface area (Å²) in [4.78, 5) is 23.6. The summed E-state index contributed by atoms with van der Waals surface area (Å²) in [7, 11) is 0. The summed E-state index contributed by atoms with van der Waals surface area (Å²) < 4.78 is 17.4. The van der Waals surface area contributed by atoms with Gasteiger partial charge < -0.3 is 30.2 Å². The number of aliphatic hydroxyl groups excluding tert-OH is 2. The Morgan fingerprint density at radius 3 is 2.30 bits per heavy atom. The molecule has 268 valence electrons. The normalized spacial score (nSPS) is 29.1. The van der Waals surface area contributed by atoms with Gasteiger partial charge >= 0.3 is 12.1 Å². The molecular weight excluding hydrogens is 594 g/mol. The molecular formula is C39H65NO7. The number of esters is 1. The van der Waals surface area contributed by atoms with E-state index in [2.05, 4.69) is 45.9 Å². The number of allylic oxidation sites excluding steroid dienone is 4. The Balaban J connectivity index is 2.29. The van der Waals surface area contributed by atoms with E-state index >= 15 is 0 Å². The SMILES string of the molecule is CC/C=C1/CC(O)CCC(OC(N)=O)C(OC(C)=O)/C=C/C(C)C(/C(C)=C/C=C/C(C)CC(O)C(C2CCC2)C(C)C(CC)CC)O1. The van der Waals surface area contributed by atoms with Crippen LogP contribution in [0.1, 0.15) is 120 Å². The van der Waals surface area contributed by atoms with E-state index in [4.69, 9.17) is 19.9 Å². The lowest BCUT2D eigenvalue weighted by atomic mass is 9.64. The molecule has 1 heterocycles. The number of aliphatic hydroxyl groups is 2. The zero-order chi connectivity index (χ0) is 35.1. The highest BCUT2D eigenvalue weighted by Gasteiger charge is 2.38. The fraction of sp³-hybridized carbons (Fsp3) is 0.744. The zero-order valence-corrected chi connectivity index (χ0v) is 30.4. The quantitative estimate of drug-likeness (QED) is 0.0975. The third kappa shape index (κ3) is 13.5. The molecule has 8 nitrogen and oxygen atoms in total. The Bertz CT molecular complexity index is 1070. The summed E-state index contributed by atoms with van der Waals surface area (Å²) in [6.45, 7) is 16.4. The minimum Gasteiger partial charge on any atom is -0.490 e. The summed E-state index contributed by atoms with van der Waals surface area (Å²) in [5.41, 5.74) is 6.33. The third-order valence-electron chi connectivity index (χ3n) is 10.3. The van der Waals surface area contributed by atoms with Gasteiger partial charge in [-0.1, -0.05) is 98.0 Å². The molecule has 1 aliphatic heterocycles. The van der Waals surface area contributed by atoms with Crippen LogP contribution < -0.4 is 5.73 Å². The number of rotatable bonds is 14. The number of carbonyl (C=O) groups is 2. The van der Waals surface area contributed by atoms with Crippen LogP contribution in [0.2, 0.25) is 0 Å². The van der Waals surface area contributed by atoms with E-state index in [0.29, 0.717) is 42.3 Å². The smallest absolute Gasteiger partial charge is 0.404 e. The van der Waals surface area contributed by atoms with Crippen molar-refractivity contribution >= 4 is 12.1 Å². The molecule has 0 spiro atoms. The van der Waals surface area contributed by atoms with Gasteiger partial charge in [-0.3, -0.25) is 4.79 Å². The van der Waals surface area contributed by atoms with Crippen LogP contribution in [0.3, 0.4) is 0 Å².